The molecule has 5 N–H and O–H groups in total. The van der Waals surface area contributed by atoms with Crippen LogP contribution in [0.3, 0.4) is 0 Å². The lowest BCUT2D eigenvalue weighted by atomic mass is 9.99. The van der Waals surface area contributed by atoms with E-state index in [1.165, 1.54) is 14.2 Å². The van der Waals surface area contributed by atoms with E-state index in [0.29, 0.717) is 18.4 Å². The largest absolute Gasteiger partial charge is 0.453 e. The number of ether oxygens (including phenoxy) is 2. The lowest BCUT2D eigenvalue weighted by Crippen LogP contribution is -2.52. The van der Waals surface area contributed by atoms with Gasteiger partial charge in [0.2, 0.25) is 11.8 Å². The zero-order valence-corrected chi connectivity index (χ0v) is 35.8. The van der Waals surface area contributed by atoms with Gasteiger partial charge in [-0.3, -0.25) is 9.59 Å². The number of methoxy groups -OCH3 is 2. The van der Waals surface area contributed by atoms with E-state index in [1.807, 2.05) is 50.8 Å². The Balaban J connectivity index is 1.10. The zero-order valence-electron chi connectivity index (χ0n) is 34.8. The first-order valence-electron chi connectivity index (χ1n) is 20.1. The molecule has 5 atom stereocenters. The fourth-order valence-electron chi connectivity index (χ4n) is 8.48. The molecule has 0 radical (unpaired) electrons. The van der Waals surface area contributed by atoms with Crippen molar-refractivity contribution in [2.24, 2.45) is 11.8 Å². The third-order valence-corrected chi connectivity index (χ3v) is 14.3. The highest BCUT2D eigenvalue weighted by molar-refractivity contribution is 6.78. The summed E-state index contributed by atoms with van der Waals surface area (Å²) in [7, 11) is 0.766. The van der Waals surface area contributed by atoms with Crippen molar-refractivity contribution in [3.05, 3.63) is 72.4 Å². The van der Waals surface area contributed by atoms with E-state index in [-0.39, 0.29) is 36.2 Å². The van der Waals surface area contributed by atoms with Crippen molar-refractivity contribution in [2.75, 3.05) is 26.9 Å². The third kappa shape index (κ3) is 8.41. The van der Waals surface area contributed by atoms with Gasteiger partial charge in [0.1, 0.15) is 23.7 Å². The van der Waals surface area contributed by atoms with Crippen molar-refractivity contribution in [3.63, 3.8) is 0 Å². The fourth-order valence-corrected chi connectivity index (χ4v) is 11.4. The van der Waals surface area contributed by atoms with Gasteiger partial charge in [0.15, 0.2) is 0 Å². The third-order valence-electron chi connectivity index (χ3n) is 11.6. The van der Waals surface area contributed by atoms with Gasteiger partial charge < -0.3 is 45.0 Å². The number of nitrogens with zero attached hydrogens (tertiary/aromatic N) is 4. The molecule has 2 aliphatic rings. The molecule has 2 fully saturated rings. The van der Waals surface area contributed by atoms with Gasteiger partial charge in [-0.25, -0.2) is 19.6 Å². The lowest BCUT2D eigenvalue weighted by Gasteiger charge is -2.30. The molecule has 0 unspecified atom stereocenters. The topological polar surface area (TPSA) is 195 Å². The molecule has 16 heteroatoms. The summed E-state index contributed by atoms with van der Waals surface area (Å²) in [6, 6.07) is 17.2. The van der Waals surface area contributed by atoms with Crippen molar-refractivity contribution >= 4 is 53.9 Å². The maximum atomic E-state index is 14.0. The fraction of sp³-hybridized carbons (Fsp3) is 0.442. The average molecular weight is 823 g/mol. The van der Waals surface area contributed by atoms with Gasteiger partial charge in [-0.2, -0.15) is 0 Å². The molecule has 2 saturated heterocycles. The summed E-state index contributed by atoms with van der Waals surface area (Å²) in [6.45, 7) is 12.2. The monoisotopic (exact) mass is 822 g/mol. The highest BCUT2D eigenvalue weighted by atomic mass is 28.3. The van der Waals surface area contributed by atoms with E-state index in [2.05, 4.69) is 75.1 Å². The number of aromatic nitrogens is 4. The Morgan fingerprint density at radius 3 is 2.03 bits per heavy atom. The Hall–Kier alpha value is -5.74. The van der Waals surface area contributed by atoms with Gasteiger partial charge in [-0.1, -0.05) is 83.3 Å². The summed E-state index contributed by atoms with van der Waals surface area (Å²) in [5, 5.41) is 18.0. The van der Waals surface area contributed by atoms with Crippen molar-refractivity contribution < 1.29 is 33.8 Å². The molecule has 312 valence electrons. The molecule has 0 spiro atoms. The number of aliphatic hydroxyl groups is 1. The molecule has 0 bridgehead atoms. The van der Waals surface area contributed by atoms with E-state index in [4.69, 9.17) is 14.5 Å². The summed E-state index contributed by atoms with van der Waals surface area (Å²) in [6.07, 6.45) is 0.688. The number of H-pyrrole nitrogens is 2. The first-order valence-corrected chi connectivity index (χ1v) is 23.5. The van der Waals surface area contributed by atoms with Gasteiger partial charge in [0, 0.05) is 24.5 Å². The normalized spacial score (nSPS) is 20.0. The van der Waals surface area contributed by atoms with Gasteiger partial charge in [-0.05, 0) is 52.1 Å². The van der Waals surface area contributed by atoms with Gasteiger partial charge in [0.05, 0.1) is 63.4 Å². The Bertz CT molecular complexity index is 2370. The molecule has 59 heavy (non-hydrogen) atoms. The second-order valence-corrected chi connectivity index (χ2v) is 22.3. The standard InChI is InChI=1S/C43H54N8O7Si/c1-23(2)35(48-42(55)57-5)40(53)50-20-29(52)18-33(50)38-44-19-32(46-38)26-11-9-25(10-12-26)27-13-15-30-28(17-27)14-16-31-37(30)47-39(45-31)34-21-59(7,8)22-51(34)41(54)36(24(3)4)49-43(56)58-6/h9-17,19,23-24,29,33-36,52H,18,20-22H2,1-8H3,(H,44,46)(H,45,47)(H,48,55)(H,49,56)/t29-,33+,34+,35+,36+/m1/s1. The first-order chi connectivity index (χ1) is 28.1. The van der Waals surface area contributed by atoms with E-state index in [9.17, 15) is 24.3 Å². The SMILES string of the molecule is COC(=O)N[C@H](C(=O)N1C[C@H](O)C[C@H]1c1ncc(-c2ccc(-c3ccc4c(ccc5nc([C@@H]6C[Si](C)(C)CN6C(=O)[C@@H](NC(=O)OC)C(C)C)[nH]c54)c3)cc2)[nH]1)C(C)C. The second-order valence-electron chi connectivity index (χ2n) is 17.2. The Morgan fingerprint density at radius 1 is 0.797 bits per heavy atom. The predicted molar refractivity (Wildman–Crippen MR) is 227 cm³/mol. The van der Waals surface area contributed by atoms with Gasteiger partial charge in [-0.15, -0.1) is 0 Å². The number of amides is 4. The minimum absolute atomic E-state index is 0.124. The Kier molecular flexibility index (Phi) is 11.6. The second kappa shape index (κ2) is 16.5. The van der Waals surface area contributed by atoms with E-state index >= 15 is 0 Å². The van der Waals surface area contributed by atoms with E-state index in [1.54, 1.807) is 11.1 Å². The van der Waals surface area contributed by atoms with E-state index < -0.39 is 44.5 Å². The number of benzene rings is 3. The van der Waals surface area contributed by atoms with E-state index in [0.717, 1.165) is 56.1 Å². The summed E-state index contributed by atoms with van der Waals surface area (Å²) < 4.78 is 9.56. The number of β-amino-alcohol motifs (C(OH)–C–C–N with tert-alkyl or cyclic N) is 1. The quantitative estimate of drug-likeness (QED) is 0.101. The predicted octanol–water partition coefficient (Wildman–Crippen LogP) is 6.30. The molecule has 2 aromatic heterocycles. The van der Waals surface area contributed by atoms with Crippen LogP contribution in [-0.4, -0.2) is 112 Å². The number of aromatic amines is 2. The van der Waals surface area contributed by atoms with Crippen LogP contribution in [0.2, 0.25) is 19.1 Å². The van der Waals surface area contributed by atoms with Crippen LogP contribution < -0.4 is 10.6 Å². The summed E-state index contributed by atoms with van der Waals surface area (Å²) in [5.74, 6) is 0.561. The number of carbonyl (C=O) groups excluding carboxylic acids is 4. The van der Waals surface area contributed by atoms with Crippen LogP contribution in [0.15, 0.2) is 60.8 Å². The van der Waals surface area contributed by atoms with Crippen LogP contribution in [0.1, 0.15) is 57.8 Å². The number of alkyl carbamates (subject to hydrolysis) is 2. The van der Waals surface area contributed by atoms with Gasteiger partial charge in [0.25, 0.3) is 0 Å². The molecule has 3 aromatic carbocycles. The minimum Gasteiger partial charge on any atom is -0.453 e. The number of aliphatic hydroxyl groups excluding tert-OH is 1. The van der Waals surface area contributed by atoms with Crippen molar-refractivity contribution in [3.8, 4) is 22.4 Å². The molecule has 2 aliphatic heterocycles. The van der Waals surface area contributed by atoms with Crippen molar-refractivity contribution in [2.45, 2.75) is 83.5 Å². The smallest absolute Gasteiger partial charge is 0.407 e. The Labute approximate surface area is 344 Å². The number of likely N-dealkylation sites (tertiary alicyclic amines) is 1. The molecular weight excluding hydrogens is 769 g/mol. The number of hydrogen-bond donors (Lipinski definition) is 5. The molecule has 15 nitrogen and oxygen atoms in total. The maximum Gasteiger partial charge on any atom is 0.407 e. The summed E-state index contributed by atoms with van der Waals surface area (Å²) in [5.41, 5.74) is 5.50. The molecule has 5 aromatic rings. The molecule has 4 amide bonds. The molecular formula is C43H54N8O7Si. The maximum absolute atomic E-state index is 14.0. The minimum atomic E-state index is -1.78. The molecule has 0 saturated carbocycles. The van der Waals surface area contributed by atoms with Crippen LogP contribution in [0.4, 0.5) is 9.59 Å². The number of fused-ring (bicyclic) bond motifs is 3. The Morgan fingerprint density at radius 2 is 1.41 bits per heavy atom. The van der Waals surface area contributed by atoms with Crippen LogP contribution in [0, 0.1) is 11.8 Å². The molecule has 7 rings (SSSR count). The average Bonchev–Trinajstić information content (AvgIpc) is 4.02. The number of hydrogen-bond acceptors (Lipinski definition) is 9. The first kappa shape index (κ1) is 41.4. The molecule has 0 aliphatic carbocycles. The van der Waals surface area contributed by atoms with Gasteiger partial charge >= 0.3 is 12.2 Å². The van der Waals surface area contributed by atoms with Crippen LogP contribution >= 0.6 is 0 Å². The van der Waals surface area contributed by atoms with Crippen molar-refractivity contribution in [1.82, 2.24) is 40.4 Å². The summed E-state index contributed by atoms with van der Waals surface area (Å²) in [4.78, 5) is 71.8. The highest BCUT2D eigenvalue weighted by Crippen LogP contribution is 2.40. The number of carbonyl (C=O) groups is 4. The highest BCUT2D eigenvalue weighted by Gasteiger charge is 2.46. The van der Waals surface area contributed by atoms with Crippen LogP contribution in [-0.2, 0) is 19.1 Å². The number of nitrogens with one attached hydrogen (secondary N) is 4. The van der Waals surface area contributed by atoms with Crippen molar-refractivity contribution in [1.29, 1.82) is 0 Å². The lowest BCUT2D eigenvalue weighted by molar-refractivity contribution is -0.136. The molecule has 4 heterocycles. The van der Waals surface area contributed by atoms with Crippen LogP contribution in [0.5, 0.6) is 0 Å². The number of rotatable bonds is 10. The summed E-state index contributed by atoms with van der Waals surface area (Å²) >= 11 is 0. The van der Waals surface area contributed by atoms with Crippen LogP contribution in [0.25, 0.3) is 44.2 Å². The number of imidazole rings is 2. The zero-order chi connectivity index (χ0) is 42.3.